The largest absolute Gasteiger partial charge is 0.361 e. The number of halogens is 1. The zero-order chi connectivity index (χ0) is 18.4. The minimum atomic E-state index is 0.526. The topological polar surface area (TPSA) is 58.3 Å². The Morgan fingerprint density at radius 2 is 2.07 bits per heavy atom. The number of likely N-dealkylation sites (tertiary alicyclic amines) is 1. The first-order chi connectivity index (χ1) is 13.2. The number of piperidine rings is 1. The maximum absolute atomic E-state index is 6.06. The van der Waals surface area contributed by atoms with Crippen LogP contribution in [0.2, 0.25) is 5.02 Å². The van der Waals surface area contributed by atoms with Crippen molar-refractivity contribution in [3.8, 4) is 0 Å². The van der Waals surface area contributed by atoms with E-state index in [2.05, 4.69) is 19.9 Å². The van der Waals surface area contributed by atoms with E-state index in [0.717, 1.165) is 60.4 Å². The van der Waals surface area contributed by atoms with Gasteiger partial charge in [-0.25, -0.2) is 4.98 Å². The van der Waals surface area contributed by atoms with E-state index in [1.165, 1.54) is 12.8 Å². The summed E-state index contributed by atoms with van der Waals surface area (Å²) in [5.74, 6) is 2.58. The molecule has 2 aliphatic heterocycles. The van der Waals surface area contributed by atoms with E-state index in [4.69, 9.17) is 21.1 Å². The number of hydrogen-bond acceptors (Lipinski definition) is 6. The molecule has 2 atom stereocenters. The van der Waals surface area contributed by atoms with Gasteiger partial charge in [-0.3, -0.25) is 9.88 Å². The molecule has 1 aromatic carbocycles. The van der Waals surface area contributed by atoms with Gasteiger partial charge in [0.1, 0.15) is 11.6 Å². The van der Waals surface area contributed by atoms with Crippen molar-refractivity contribution in [1.82, 2.24) is 20.0 Å². The molecule has 0 spiro atoms. The van der Waals surface area contributed by atoms with Crippen LogP contribution in [0.15, 0.2) is 35.0 Å². The summed E-state index contributed by atoms with van der Waals surface area (Å²) in [5.41, 5.74) is 2.75. The highest BCUT2D eigenvalue weighted by molar-refractivity contribution is 6.31. The highest BCUT2D eigenvalue weighted by Gasteiger charge is 2.38. The number of rotatable bonds is 3. The van der Waals surface area contributed by atoms with Crippen LogP contribution in [-0.2, 0) is 6.54 Å². The van der Waals surface area contributed by atoms with Crippen molar-refractivity contribution >= 4 is 28.5 Å². The molecule has 140 valence electrons. The van der Waals surface area contributed by atoms with E-state index < -0.39 is 0 Å². The van der Waals surface area contributed by atoms with Gasteiger partial charge in [0.2, 0.25) is 0 Å². The third-order valence-electron chi connectivity index (χ3n) is 5.83. The molecule has 2 fully saturated rings. The molecule has 5 rings (SSSR count). The van der Waals surface area contributed by atoms with E-state index >= 15 is 0 Å². The van der Waals surface area contributed by atoms with Gasteiger partial charge in [0.25, 0.3) is 0 Å². The van der Waals surface area contributed by atoms with Crippen LogP contribution >= 0.6 is 11.6 Å². The molecular formula is C20H22ClN5O. The zero-order valence-corrected chi connectivity index (χ0v) is 16.1. The van der Waals surface area contributed by atoms with Gasteiger partial charge in [-0.1, -0.05) is 16.8 Å². The van der Waals surface area contributed by atoms with Gasteiger partial charge < -0.3 is 9.42 Å². The first kappa shape index (κ1) is 17.0. The lowest BCUT2D eigenvalue weighted by Gasteiger charge is -2.38. The summed E-state index contributed by atoms with van der Waals surface area (Å²) >= 11 is 6.06. The summed E-state index contributed by atoms with van der Waals surface area (Å²) in [6.07, 6.45) is 4.33. The fourth-order valence-electron chi connectivity index (χ4n) is 4.46. The van der Waals surface area contributed by atoms with Crippen molar-refractivity contribution in [3.05, 3.63) is 46.9 Å². The highest BCUT2D eigenvalue weighted by atomic mass is 35.5. The maximum Gasteiger partial charge on any atom is 0.147 e. The van der Waals surface area contributed by atoms with E-state index in [0.29, 0.717) is 11.1 Å². The molecule has 0 aliphatic carbocycles. The van der Waals surface area contributed by atoms with E-state index in [1.54, 1.807) is 0 Å². The number of aromatic nitrogens is 3. The molecule has 0 radical (unpaired) electrons. The molecular weight excluding hydrogens is 362 g/mol. The summed E-state index contributed by atoms with van der Waals surface area (Å²) in [5, 5.41) is 4.86. The molecule has 6 nitrogen and oxygen atoms in total. The Morgan fingerprint density at radius 1 is 1.19 bits per heavy atom. The molecule has 2 unspecified atom stereocenters. The Balaban J connectivity index is 1.35. The molecule has 0 amide bonds. The van der Waals surface area contributed by atoms with Crippen LogP contribution in [0.1, 0.15) is 24.3 Å². The third-order valence-corrected chi connectivity index (χ3v) is 6.07. The van der Waals surface area contributed by atoms with Crippen molar-refractivity contribution in [2.24, 2.45) is 5.92 Å². The van der Waals surface area contributed by atoms with Crippen LogP contribution in [0.3, 0.4) is 0 Å². The molecule has 4 heterocycles. The zero-order valence-electron chi connectivity index (χ0n) is 15.3. The minimum Gasteiger partial charge on any atom is -0.361 e. The molecule has 7 heteroatoms. The Labute approximate surface area is 163 Å². The van der Waals surface area contributed by atoms with Crippen molar-refractivity contribution in [1.29, 1.82) is 0 Å². The second-order valence-electron chi connectivity index (χ2n) is 7.61. The Morgan fingerprint density at radius 3 is 2.93 bits per heavy atom. The Kier molecular flexibility index (Phi) is 4.25. The summed E-state index contributed by atoms with van der Waals surface area (Å²) in [7, 11) is 0. The molecule has 3 aromatic rings. The lowest BCUT2D eigenvalue weighted by Crippen LogP contribution is -2.48. The van der Waals surface area contributed by atoms with E-state index in [-0.39, 0.29) is 0 Å². The number of benzene rings is 1. The summed E-state index contributed by atoms with van der Waals surface area (Å²) in [4.78, 5) is 14.3. The summed E-state index contributed by atoms with van der Waals surface area (Å²) in [6, 6.07) is 8.23. The van der Waals surface area contributed by atoms with Crippen molar-refractivity contribution in [3.63, 3.8) is 0 Å². The van der Waals surface area contributed by atoms with Gasteiger partial charge in [-0.05, 0) is 50.4 Å². The maximum atomic E-state index is 6.06. The van der Waals surface area contributed by atoms with Crippen LogP contribution < -0.4 is 4.90 Å². The smallest absolute Gasteiger partial charge is 0.147 e. The first-order valence-corrected chi connectivity index (χ1v) is 9.87. The average Bonchev–Trinajstić information content (AvgIpc) is 3.27. The molecule has 0 saturated carbocycles. The number of hydrogen-bond donors (Lipinski definition) is 0. The Bertz CT molecular complexity index is 974. The SMILES string of the molecule is Cc1cc(CN2CCC3CCN(c4cnc5cc(Cl)ccc5n4)CC32)no1. The van der Waals surface area contributed by atoms with E-state index in [1.807, 2.05) is 37.4 Å². The van der Waals surface area contributed by atoms with Gasteiger partial charge in [0.15, 0.2) is 0 Å². The fraction of sp³-hybridized carbons (Fsp3) is 0.450. The number of nitrogens with zero attached hydrogens (tertiary/aromatic N) is 5. The Hall–Kier alpha value is -2.18. The third kappa shape index (κ3) is 3.28. The van der Waals surface area contributed by atoms with Gasteiger partial charge in [-0.15, -0.1) is 0 Å². The molecule has 2 aliphatic rings. The van der Waals surface area contributed by atoms with Crippen LogP contribution in [0, 0.1) is 12.8 Å². The van der Waals surface area contributed by atoms with Gasteiger partial charge in [0, 0.05) is 36.8 Å². The number of aryl methyl sites for hydroxylation is 1. The van der Waals surface area contributed by atoms with Crippen molar-refractivity contribution in [2.45, 2.75) is 32.4 Å². The quantitative estimate of drug-likeness (QED) is 0.687. The normalized spacial score (nSPS) is 23.1. The molecule has 27 heavy (non-hydrogen) atoms. The predicted octanol–water partition coefficient (Wildman–Crippen LogP) is 3.68. The lowest BCUT2D eigenvalue weighted by atomic mass is 9.92. The van der Waals surface area contributed by atoms with Gasteiger partial charge in [0.05, 0.1) is 22.9 Å². The first-order valence-electron chi connectivity index (χ1n) is 9.49. The van der Waals surface area contributed by atoms with Crippen LogP contribution in [0.5, 0.6) is 0 Å². The fourth-order valence-corrected chi connectivity index (χ4v) is 4.63. The predicted molar refractivity (Wildman–Crippen MR) is 105 cm³/mol. The lowest BCUT2D eigenvalue weighted by molar-refractivity contribution is 0.195. The second kappa shape index (κ2) is 6.77. The standard InChI is InChI=1S/C20H22ClN5O/c1-13-8-16(24-27-13)11-25-6-4-14-5-7-26(12-19(14)25)20-10-22-18-9-15(21)2-3-17(18)23-20/h2-3,8-10,14,19H,4-7,11-12H2,1H3. The monoisotopic (exact) mass is 383 g/mol. The van der Waals surface area contributed by atoms with Crippen molar-refractivity contribution in [2.75, 3.05) is 24.5 Å². The van der Waals surface area contributed by atoms with Gasteiger partial charge in [-0.2, -0.15) is 0 Å². The highest BCUT2D eigenvalue weighted by Crippen LogP contribution is 2.34. The van der Waals surface area contributed by atoms with Crippen LogP contribution in [-0.4, -0.2) is 45.7 Å². The molecule has 2 saturated heterocycles. The average molecular weight is 384 g/mol. The van der Waals surface area contributed by atoms with Gasteiger partial charge >= 0.3 is 0 Å². The second-order valence-corrected chi connectivity index (χ2v) is 8.05. The summed E-state index contributed by atoms with van der Waals surface area (Å²) in [6.45, 7) is 5.93. The molecule has 0 bridgehead atoms. The number of anilines is 1. The summed E-state index contributed by atoms with van der Waals surface area (Å²) < 4.78 is 5.24. The van der Waals surface area contributed by atoms with Crippen LogP contribution in [0.25, 0.3) is 11.0 Å². The van der Waals surface area contributed by atoms with E-state index in [9.17, 15) is 0 Å². The molecule has 0 N–H and O–H groups in total. The minimum absolute atomic E-state index is 0.526. The number of fused-ring (bicyclic) bond motifs is 2. The van der Waals surface area contributed by atoms with Crippen LogP contribution in [0.4, 0.5) is 5.82 Å². The van der Waals surface area contributed by atoms with Crippen molar-refractivity contribution < 1.29 is 4.52 Å². The molecule has 2 aromatic heterocycles.